The second-order valence-corrected chi connectivity index (χ2v) is 8.92. The zero-order chi connectivity index (χ0) is 25.6. The van der Waals surface area contributed by atoms with Crippen molar-refractivity contribution in [1.29, 1.82) is 0 Å². The summed E-state index contributed by atoms with van der Waals surface area (Å²) < 4.78 is 80.5. The summed E-state index contributed by atoms with van der Waals surface area (Å²) in [5, 5.41) is 12.6. The summed E-state index contributed by atoms with van der Waals surface area (Å²) in [6.07, 6.45) is -5.27. The van der Waals surface area contributed by atoms with Crippen LogP contribution in [-0.4, -0.2) is 41.0 Å². The summed E-state index contributed by atoms with van der Waals surface area (Å²) in [6.45, 7) is 4.99. The SMILES string of the molecule is COc1c(C2C(C(=O)Nc3ccnc(C(C)(C)O)c3)OC(C)(C(F)(F)F)C2C)ccc(F)c1F. The molecule has 6 nitrogen and oxygen atoms in total. The predicted molar refractivity (Wildman–Crippen MR) is 112 cm³/mol. The normalized spacial score (nSPS) is 25.3. The maximum Gasteiger partial charge on any atom is 0.417 e. The van der Waals surface area contributed by atoms with Crippen molar-refractivity contribution in [2.45, 2.75) is 57.1 Å². The van der Waals surface area contributed by atoms with E-state index >= 15 is 0 Å². The van der Waals surface area contributed by atoms with Gasteiger partial charge in [-0.1, -0.05) is 13.0 Å². The highest BCUT2D eigenvalue weighted by atomic mass is 19.4. The molecule has 4 atom stereocenters. The second kappa shape index (κ2) is 8.77. The smallest absolute Gasteiger partial charge is 0.417 e. The number of hydrogen-bond acceptors (Lipinski definition) is 5. The fourth-order valence-electron chi connectivity index (χ4n) is 4.10. The number of carbonyl (C=O) groups excluding carboxylic acids is 1. The molecule has 4 unspecified atom stereocenters. The van der Waals surface area contributed by atoms with Gasteiger partial charge in [0, 0.05) is 29.3 Å². The maximum atomic E-state index is 14.4. The highest BCUT2D eigenvalue weighted by Gasteiger charge is 2.65. The third-order valence-corrected chi connectivity index (χ3v) is 6.22. The number of methoxy groups -OCH3 is 1. The quantitative estimate of drug-likeness (QED) is 0.598. The number of nitrogens with zero attached hydrogens (tertiary/aromatic N) is 1. The van der Waals surface area contributed by atoms with Crippen LogP contribution in [0.25, 0.3) is 0 Å². The molecule has 186 valence electrons. The van der Waals surface area contributed by atoms with Crippen molar-refractivity contribution in [2.75, 3.05) is 12.4 Å². The molecular weight excluding hydrogens is 463 g/mol. The molecule has 1 aromatic heterocycles. The molecule has 1 aromatic carbocycles. The van der Waals surface area contributed by atoms with Crippen LogP contribution in [0.4, 0.5) is 27.6 Å². The number of benzene rings is 1. The van der Waals surface area contributed by atoms with E-state index in [4.69, 9.17) is 9.47 Å². The number of anilines is 1. The number of halogens is 5. The zero-order valence-corrected chi connectivity index (χ0v) is 19.1. The zero-order valence-electron chi connectivity index (χ0n) is 19.1. The lowest BCUT2D eigenvalue weighted by atomic mass is 9.77. The van der Waals surface area contributed by atoms with E-state index in [0.29, 0.717) is 0 Å². The van der Waals surface area contributed by atoms with Gasteiger partial charge >= 0.3 is 6.18 Å². The molecule has 0 radical (unpaired) electrons. The summed E-state index contributed by atoms with van der Waals surface area (Å²) in [5.41, 5.74) is -3.86. The third kappa shape index (κ3) is 4.46. The van der Waals surface area contributed by atoms with Gasteiger partial charge in [0.05, 0.1) is 12.8 Å². The Labute approximate surface area is 193 Å². The number of nitrogens with one attached hydrogen (secondary N) is 1. The van der Waals surface area contributed by atoms with Crippen molar-refractivity contribution >= 4 is 11.6 Å². The van der Waals surface area contributed by atoms with Crippen molar-refractivity contribution < 1.29 is 41.3 Å². The van der Waals surface area contributed by atoms with Crippen LogP contribution >= 0.6 is 0 Å². The number of rotatable bonds is 5. The van der Waals surface area contributed by atoms with E-state index < -0.39 is 58.6 Å². The number of aromatic nitrogens is 1. The Bertz CT molecular complexity index is 1090. The Morgan fingerprint density at radius 3 is 2.44 bits per heavy atom. The van der Waals surface area contributed by atoms with Gasteiger partial charge in [0.15, 0.2) is 17.2 Å². The van der Waals surface area contributed by atoms with E-state index in [1.165, 1.54) is 39.1 Å². The van der Waals surface area contributed by atoms with Crippen LogP contribution in [0.2, 0.25) is 0 Å². The molecule has 2 N–H and O–H groups in total. The van der Waals surface area contributed by atoms with Gasteiger partial charge in [-0.05, 0) is 39.0 Å². The Hall–Kier alpha value is -2.79. The van der Waals surface area contributed by atoms with Crippen LogP contribution in [0.3, 0.4) is 0 Å². The first-order valence-corrected chi connectivity index (χ1v) is 10.4. The first kappa shape index (κ1) is 25.8. The highest BCUT2D eigenvalue weighted by molar-refractivity contribution is 5.95. The van der Waals surface area contributed by atoms with E-state index in [9.17, 15) is 31.9 Å². The summed E-state index contributed by atoms with van der Waals surface area (Å²) >= 11 is 0. The van der Waals surface area contributed by atoms with Gasteiger partial charge in [-0.2, -0.15) is 17.6 Å². The molecule has 1 amide bonds. The van der Waals surface area contributed by atoms with Crippen LogP contribution in [0.5, 0.6) is 5.75 Å². The van der Waals surface area contributed by atoms with Crippen molar-refractivity contribution in [3.05, 3.63) is 53.4 Å². The van der Waals surface area contributed by atoms with Gasteiger partial charge in [-0.3, -0.25) is 9.78 Å². The molecule has 34 heavy (non-hydrogen) atoms. The second-order valence-electron chi connectivity index (χ2n) is 8.92. The first-order valence-electron chi connectivity index (χ1n) is 10.4. The van der Waals surface area contributed by atoms with Crippen molar-refractivity contribution in [3.8, 4) is 5.75 Å². The van der Waals surface area contributed by atoms with Crippen molar-refractivity contribution in [3.63, 3.8) is 0 Å². The lowest BCUT2D eigenvalue weighted by molar-refractivity contribution is -0.272. The number of aliphatic hydroxyl groups is 1. The fraction of sp³-hybridized carbons (Fsp3) is 0.478. The highest BCUT2D eigenvalue weighted by Crippen LogP contribution is 2.55. The molecule has 1 aliphatic heterocycles. The third-order valence-electron chi connectivity index (χ3n) is 6.22. The largest absolute Gasteiger partial charge is 0.493 e. The van der Waals surface area contributed by atoms with E-state index in [-0.39, 0.29) is 16.9 Å². The van der Waals surface area contributed by atoms with Crippen LogP contribution in [0.15, 0.2) is 30.5 Å². The van der Waals surface area contributed by atoms with Gasteiger partial charge in [-0.15, -0.1) is 0 Å². The van der Waals surface area contributed by atoms with Gasteiger partial charge in [0.2, 0.25) is 5.82 Å². The van der Waals surface area contributed by atoms with Gasteiger partial charge in [-0.25, -0.2) is 4.39 Å². The predicted octanol–water partition coefficient (Wildman–Crippen LogP) is 4.67. The van der Waals surface area contributed by atoms with Crippen LogP contribution in [-0.2, 0) is 15.1 Å². The molecule has 0 spiro atoms. The molecule has 1 fully saturated rings. The summed E-state index contributed by atoms with van der Waals surface area (Å²) in [4.78, 5) is 17.2. The van der Waals surface area contributed by atoms with Crippen molar-refractivity contribution in [2.24, 2.45) is 5.92 Å². The summed E-state index contributed by atoms with van der Waals surface area (Å²) in [5.74, 6) is -6.86. The molecular formula is C23H25F5N2O4. The maximum absolute atomic E-state index is 14.4. The molecule has 0 aliphatic carbocycles. The van der Waals surface area contributed by atoms with Gasteiger partial charge < -0.3 is 19.9 Å². The minimum Gasteiger partial charge on any atom is -0.493 e. The summed E-state index contributed by atoms with van der Waals surface area (Å²) in [7, 11) is 1.05. The average molecular weight is 488 g/mol. The number of hydrogen-bond donors (Lipinski definition) is 2. The number of ether oxygens (including phenoxy) is 2. The molecule has 0 bridgehead atoms. The molecule has 2 aromatic rings. The van der Waals surface area contributed by atoms with Crippen molar-refractivity contribution in [1.82, 2.24) is 4.98 Å². The van der Waals surface area contributed by atoms with Crippen LogP contribution in [0.1, 0.15) is 44.9 Å². The number of carbonyl (C=O) groups is 1. The molecule has 1 saturated heterocycles. The fourth-order valence-corrected chi connectivity index (χ4v) is 4.10. The summed E-state index contributed by atoms with van der Waals surface area (Å²) in [6, 6.07) is 4.60. The minimum absolute atomic E-state index is 0.131. The average Bonchev–Trinajstić information content (AvgIpc) is 3.01. The van der Waals surface area contributed by atoms with Gasteiger partial charge in [0.1, 0.15) is 11.7 Å². The standard InChI is InChI=1S/C23H25F5N2O4/c1-11-16(13-6-7-14(24)17(25)18(13)33-5)19(34-22(11,4)23(26,27)28)20(31)30-12-8-9-29-15(10-12)21(2,3)32/h6-11,16,19,32H,1-5H3,(H,29,30,31). The van der Waals surface area contributed by atoms with E-state index in [2.05, 4.69) is 10.3 Å². The lowest BCUT2D eigenvalue weighted by Gasteiger charge is -2.32. The Kier molecular flexibility index (Phi) is 6.66. The van der Waals surface area contributed by atoms with E-state index in [0.717, 1.165) is 26.2 Å². The number of alkyl halides is 3. The van der Waals surface area contributed by atoms with Gasteiger partial charge in [0.25, 0.3) is 5.91 Å². The Balaban J connectivity index is 2.07. The Morgan fingerprint density at radius 1 is 1.24 bits per heavy atom. The lowest BCUT2D eigenvalue weighted by Crippen LogP contribution is -2.47. The molecule has 11 heteroatoms. The topological polar surface area (TPSA) is 80.7 Å². The van der Waals surface area contributed by atoms with E-state index in [1.54, 1.807) is 0 Å². The monoisotopic (exact) mass is 488 g/mol. The first-order chi connectivity index (χ1) is 15.6. The van der Waals surface area contributed by atoms with Crippen LogP contribution < -0.4 is 10.1 Å². The molecule has 3 rings (SSSR count). The number of pyridine rings is 1. The van der Waals surface area contributed by atoms with Crippen LogP contribution in [0, 0.1) is 17.6 Å². The molecule has 2 heterocycles. The Morgan fingerprint density at radius 2 is 1.88 bits per heavy atom. The minimum atomic E-state index is -4.86. The number of amides is 1. The molecule has 0 saturated carbocycles. The van der Waals surface area contributed by atoms with E-state index in [1.807, 2.05) is 0 Å². The molecule has 1 aliphatic rings.